The van der Waals surface area contributed by atoms with E-state index in [1.165, 1.54) is 22.4 Å². The highest BCUT2D eigenvalue weighted by Gasteiger charge is 2.16. The van der Waals surface area contributed by atoms with Gasteiger partial charge in [0.1, 0.15) is 0 Å². The van der Waals surface area contributed by atoms with E-state index in [2.05, 4.69) is 64.2 Å². The molecule has 1 saturated heterocycles. The summed E-state index contributed by atoms with van der Waals surface area (Å²) >= 11 is 7.33. The van der Waals surface area contributed by atoms with Gasteiger partial charge in [0.15, 0.2) is 5.11 Å². The molecule has 0 radical (unpaired) electrons. The highest BCUT2D eigenvalue weighted by atomic mass is 32.1. The first-order valence-corrected chi connectivity index (χ1v) is 11.0. The van der Waals surface area contributed by atoms with Gasteiger partial charge < -0.3 is 15.4 Å². The third-order valence-electron chi connectivity index (χ3n) is 4.77. The van der Waals surface area contributed by atoms with E-state index in [0.717, 1.165) is 45.8 Å². The van der Waals surface area contributed by atoms with Crippen LogP contribution in [0.4, 0.5) is 0 Å². The lowest BCUT2D eigenvalue weighted by atomic mass is 10.0. The van der Waals surface area contributed by atoms with Crippen molar-refractivity contribution in [3.63, 3.8) is 0 Å². The first-order chi connectivity index (χ1) is 13.3. The number of thiophene rings is 1. The number of ether oxygens (including phenoxy) is 1. The molecule has 0 bridgehead atoms. The highest BCUT2D eigenvalue weighted by molar-refractivity contribution is 7.80. The summed E-state index contributed by atoms with van der Waals surface area (Å²) in [7, 11) is 0. The van der Waals surface area contributed by atoms with Crippen molar-refractivity contribution in [3.8, 4) is 0 Å². The van der Waals surface area contributed by atoms with E-state index in [-0.39, 0.29) is 6.04 Å². The first kappa shape index (κ1) is 20.3. The highest BCUT2D eigenvalue weighted by Crippen LogP contribution is 2.26. The summed E-state index contributed by atoms with van der Waals surface area (Å²) in [5, 5.41) is 9.70. The van der Waals surface area contributed by atoms with E-state index < -0.39 is 0 Å². The topological polar surface area (TPSA) is 36.5 Å². The number of hydrogen-bond acceptors (Lipinski definition) is 4. The number of benzene rings is 1. The fraction of sp³-hybridized carbons (Fsp3) is 0.476. The van der Waals surface area contributed by atoms with Gasteiger partial charge in [-0.3, -0.25) is 4.90 Å². The van der Waals surface area contributed by atoms with Crippen LogP contribution in [0, 0.1) is 0 Å². The average molecular weight is 404 g/mol. The van der Waals surface area contributed by atoms with Gasteiger partial charge in [0, 0.05) is 31.1 Å². The summed E-state index contributed by atoms with van der Waals surface area (Å²) in [5.74, 6) is 0. The normalized spacial score (nSPS) is 16.0. The number of nitrogens with one attached hydrogen (secondary N) is 2. The SMILES string of the molecule is CCCc1ccc([C@H](NC(=S)NCCN2CCOCC2)c2cccs2)cc1. The minimum Gasteiger partial charge on any atom is -0.379 e. The van der Waals surface area contributed by atoms with E-state index in [1.54, 1.807) is 11.3 Å². The molecule has 1 atom stereocenters. The number of thiocarbonyl (C=S) groups is 1. The number of aryl methyl sites for hydroxylation is 1. The minimum atomic E-state index is 0.0871. The van der Waals surface area contributed by atoms with Gasteiger partial charge in [-0.1, -0.05) is 43.7 Å². The molecule has 146 valence electrons. The van der Waals surface area contributed by atoms with E-state index in [4.69, 9.17) is 17.0 Å². The maximum absolute atomic E-state index is 5.58. The third kappa shape index (κ3) is 6.28. The summed E-state index contributed by atoms with van der Waals surface area (Å²) in [4.78, 5) is 3.68. The molecule has 2 aromatic rings. The Bertz CT molecular complexity index is 682. The fourth-order valence-corrected chi connectivity index (χ4v) is 4.30. The molecule has 0 spiro atoms. The van der Waals surface area contributed by atoms with Crippen LogP contribution in [0.25, 0.3) is 0 Å². The first-order valence-electron chi connectivity index (χ1n) is 9.73. The molecular formula is C21H29N3OS2. The molecule has 0 unspecified atom stereocenters. The van der Waals surface area contributed by atoms with Crippen LogP contribution in [0.15, 0.2) is 41.8 Å². The van der Waals surface area contributed by atoms with E-state index in [0.29, 0.717) is 5.11 Å². The van der Waals surface area contributed by atoms with Crippen molar-refractivity contribution in [2.24, 2.45) is 0 Å². The van der Waals surface area contributed by atoms with Crippen molar-refractivity contribution in [2.75, 3.05) is 39.4 Å². The number of rotatable bonds is 8. The Morgan fingerprint density at radius 2 is 2.00 bits per heavy atom. The molecule has 1 aliphatic heterocycles. The Morgan fingerprint density at radius 1 is 1.22 bits per heavy atom. The molecule has 27 heavy (non-hydrogen) atoms. The van der Waals surface area contributed by atoms with Gasteiger partial charge in [0.25, 0.3) is 0 Å². The van der Waals surface area contributed by atoms with Crippen molar-refractivity contribution in [2.45, 2.75) is 25.8 Å². The average Bonchev–Trinajstić information content (AvgIpc) is 3.22. The van der Waals surface area contributed by atoms with Crippen molar-refractivity contribution >= 4 is 28.7 Å². The predicted molar refractivity (Wildman–Crippen MR) is 118 cm³/mol. The summed E-state index contributed by atoms with van der Waals surface area (Å²) in [6.45, 7) is 7.71. The Hall–Kier alpha value is -1.47. The lowest BCUT2D eigenvalue weighted by molar-refractivity contribution is 0.0389. The van der Waals surface area contributed by atoms with Gasteiger partial charge in [-0.25, -0.2) is 0 Å². The Balaban J connectivity index is 1.57. The zero-order chi connectivity index (χ0) is 18.9. The van der Waals surface area contributed by atoms with Crippen molar-refractivity contribution in [1.82, 2.24) is 15.5 Å². The summed E-state index contributed by atoms with van der Waals surface area (Å²) < 4.78 is 5.39. The molecule has 0 amide bonds. The smallest absolute Gasteiger partial charge is 0.167 e. The Morgan fingerprint density at radius 3 is 2.67 bits per heavy atom. The van der Waals surface area contributed by atoms with Gasteiger partial charge in [-0.2, -0.15) is 0 Å². The van der Waals surface area contributed by atoms with Crippen LogP contribution in [0.1, 0.15) is 35.4 Å². The second-order valence-electron chi connectivity index (χ2n) is 6.79. The molecule has 1 fully saturated rings. The Kier molecular flexibility index (Phi) is 8.08. The molecular weight excluding hydrogens is 374 g/mol. The van der Waals surface area contributed by atoms with Crippen LogP contribution in [-0.4, -0.2) is 49.4 Å². The zero-order valence-electron chi connectivity index (χ0n) is 15.9. The van der Waals surface area contributed by atoms with Gasteiger partial charge >= 0.3 is 0 Å². The molecule has 4 nitrogen and oxygen atoms in total. The maximum Gasteiger partial charge on any atom is 0.167 e. The van der Waals surface area contributed by atoms with E-state index >= 15 is 0 Å². The number of nitrogens with zero attached hydrogens (tertiary/aromatic N) is 1. The fourth-order valence-electron chi connectivity index (χ4n) is 3.27. The molecule has 6 heteroatoms. The summed E-state index contributed by atoms with van der Waals surface area (Å²) in [5.41, 5.74) is 2.63. The van der Waals surface area contributed by atoms with E-state index in [9.17, 15) is 0 Å². The van der Waals surface area contributed by atoms with Crippen LogP contribution in [-0.2, 0) is 11.2 Å². The maximum atomic E-state index is 5.58. The standard InChI is InChI=1S/C21H29N3OS2/c1-2-4-17-6-8-18(9-7-17)20(19-5-3-16-27-19)23-21(26)22-10-11-24-12-14-25-15-13-24/h3,5-9,16,20H,2,4,10-15H2,1H3,(H2,22,23,26)/t20-/m0/s1. The summed E-state index contributed by atoms with van der Waals surface area (Å²) in [6.07, 6.45) is 2.29. The van der Waals surface area contributed by atoms with Crippen molar-refractivity contribution in [3.05, 3.63) is 57.8 Å². The molecule has 3 rings (SSSR count). The molecule has 0 aliphatic carbocycles. The molecule has 0 saturated carbocycles. The monoisotopic (exact) mass is 403 g/mol. The lowest BCUT2D eigenvalue weighted by Gasteiger charge is -2.27. The second-order valence-corrected chi connectivity index (χ2v) is 8.18. The quantitative estimate of drug-likeness (QED) is 0.659. The minimum absolute atomic E-state index is 0.0871. The summed E-state index contributed by atoms with van der Waals surface area (Å²) in [6, 6.07) is 13.3. The van der Waals surface area contributed by atoms with Crippen LogP contribution >= 0.6 is 23.6 Å². The lowest BCUT2D eigenvalue weighted by Crippen LogP contribution is -2.44. The number of hydrogen-bond donors (Lipinski definition) is 2. The molecule has 1 aromatic carbocycles. The second kappa shape index (κ2) is 10.8. The van der Waals surface area contributed by atoms with Crippen molar-refractivity contribution < 1.29 is 4.74 Å². The third-order valence-corrected chi connectivity index (χ3v) is 5.97. The van der Waals surface area contributed by atoms with Gasteiger partial charge in [-0.15, -0.1) is 11.3 Å². The Labute approximate surface area is 171 Å². The van der Waals surface area contributed by atoms with Gasteiger partial charge in [-0.05, 0) is 41.2 Å². The van der Waals surface area contributed by atoms with Crippen LogP contribution in [0.2, 0.25) is 0 Å². The van der Waals surface area contributed by atoms with Crippen LogP contribution in [0.3, 0.4) is 0 Å². The molecule has 1 aliphatic rings. The zero-order valence-corrected chi connectivity index (χ0v) is 17.6. The molecule has 2 N–H and O–H groups in total. The van der Waals surface area contributed by atoms with Gasteiger partial charge in [0.05, 0.1) is 19.3 Å². The number of morpholine rings is 1. The predicted octanol–water partition coefficient (Wildman–Crippen LogP) is 3.59. The largest absolute Gasteiger partial charge is 0.379 e. The molecule has 2 heterocycles. The van der Waals surface area contributed by atoms with E-state index in [1.807, 2.05) is 0 Å². The van der Waals surface area contributed by atoms with Crippen molar-refractivity contribution in [1.29, 1.82) is 0 Å². The van der Waals surface area contributed by atoms with Crippen LogP contribution < -0.4 is 10.6 Å². The van der Waals surface area contributed by atoms with Crippen LogP contribution in [0.5, 0.6) is 0 Å². The van der Waals surface area contributed by atoms with Gasteiger partial charge in [0.2, 0.25) is 0 Å². The molecule has 1 aromatic heterocycles.